The second-order valence-corrected chi connectivity index (χ2v) is 6.66. The quantitative estimate of drug-likeness (QED) is 0.751. The summed E-state index contributed by atoms with van der Waals surface area (Å²) in [6.45, 7) is 5.40. The Morgan fingerprint density at radius 2 is 1.71 bits per heavy atom. The molecule has 2 rings (SSSR count). The second kappa shape index (κ2) is 8.30. The minimum Gasteiger partial charge on any atom is -0.313 e. The predicted octanol–water partition coefficient (Wildman–Crippen LogP) is 4.60. The van der Waals surface area contributed by atoms with Crippen LogP contribution in [0, 0.1) is 5.82 Å². The summed E-state index contributed by atoms with van der Waals surface area (Å²) in [7, 11) is 0. The fraction of sp³-hybridized carbons (Fsp3) is 0.444. The molecule has 0 saturated heterocycles. The SMILES string of the molecule is CCCNC(Cc1ccc(F)cc1)Cc1ccc(CC)s1. The molecular formula is C18H24FNS. The van der Waals surface area contributed by atoms with Crippen molar-refractivity contribution in [3.8, 4) is 0 Å². The van der Waals surface area contributed by atoms with Crippen molar-refractivity contribution in [1.29, 1.82) is 0 Å². The van der Waals surface area contributed by atoms with Crippen LogP contribution >= 0.6 is 11.3 Å². The lowest BCUT2D eigenvalue weighted by atomic mass is 10.0. The summed E-state index contributed by atoms with van der Waals surface area (Å²) in [5.74, 6) is -0.164. The van der Waals surface area contributed by atoms with Crippen LogP contribution in [0.2, 0.25) is 0 Å². The molecule has 1 aromatic heterocycles. The van der Waals surface area contributed by atoms with Crippen molar-refractivity contribution in [2.45, 2.75) is 45.6 Å². The lowest BCUT2D eigenvalue weighted by Crippen LogP contribution is -2.33. The molecule has 1 heterocycles. The number of benzene rings is 1. The lowest BCUT2D eigenvalue weighted by molar-refractivity contribution is 0.507. The minimum absolute atomic E-state index is 0.164. The first-order valence-corrected chi connectivity index (χ1v) is 8.58. The summed E-state index contributed by atoms with van der Waals surface area (Å²) >= 11 is 1.91. The topological polar surface area (TPSA) is 12.0 Å². The summed E-state index contributed by atoms with van der Waals surface area (Å²) in [6.07, 6.45) is 4.22. The van der Waals surface area contributed by atoms with E-state index < -0.39 is 0 Å². The maximum absolute atomic E-state index is 13.0. The van der Waals surface area contributed by atoms with Crippen LogP contribution in [0.15, 0.2) is 36.4 Å². The van der Waals surface area contributed by atoms with E-state index in [2.05, 4.69) is 31.3 Å². The number of halogens is 1. The molecular weight excluding hydrogens is 281 g/mol. The van der Waals surface area contributed by atoms with Crippen LogP contribution in [0.5, 0.6) is 0 Å². The third-order valence-corrected chi connectivity index (χ3v) is 4.84. The Morgan fingerprint density at radius 3 is 2.33 bits per heavy atom. The van der Waals surface area contributed by atoms with Crippen molar-refractivity contribution in [3.05, 3.63) is 57.5 Å². The standard InChI is InChI=1S/C18H24FNS/c1-3-11-20-16(12-14-5-7-15(19)8-6-14)13-18-10-9-17(4-2)21-18/h5-10,16,20H,3-4,11-13H2,1-2H3. The van der Waals surface area contributed by atoms with Crippen LogP contribution in [0.3, 0.4) is 0 Å². The highest BCUT2D eigenvalue weighted by atomic mass is 32.1. The van der Waals surface area contributed by atoms with Gasteiger partial charge < -0.3 is 5.32 Å². The molecule has 0 saturated carbocycles. The van der Waals surface area contributed by atoms with Gasteiger partial charge in [-0.2, -0.15) is 0 Å². The van der Waals surface area contributed by atoms with E-state index >= 15 is 0 Å². The van der Waals surface area contributed by atoms with Gasteiger partial charge in [0.1, 0.15) is 5.82 Å². The summed E-state index contributed by atoms with van der Waals surface area (Å²) in [5.41, 5.74) is 1.19. The zero-order chi connectivity index (χ0) is 15.1. The minimum atomic E-state index is -0.164. The molecule has 21 heavy (non-hydrogen) atoms. The molecule has 114 valence electrons. The Hall–Kier alpha value is -1.19. The normalized spacial score (nSPS) is 12.5. The number of rotatable bonds is 8. The van der Waals surface area contributed by atoms with E-state index in [0.717, 1.165) is 32.2 Å². The van der Waals surface area contributed by atoms with Crippen LogP contribution in [0.4, 0.5) is 4.39 Å². The zero-order valence-electron chi connectivity index (χ0n) is 12.9. The zero-order valence-corrected chi connectivity index (χ0v) is 13.7. The van der Waals surface area contributed by atoms with Gasteiger partial charge in [0.05, 0.1) is 0 Å². The van der Waals surface area contributed by atoms with Gasteiger partial charge in [-0.3, -0.25) is 0 Å². The molecule has 1 unspecified atom stereocenters. The third-order valence-electron chi connectivity index (χ3n) is 3.59. The third kappa shape index (κ3) is 5.25. The van der Waals surface area contributed by atoms with Gasteiger partial charge in [0.2, 0.25) is 0 Å². The molecule has 0 bridgehead atoms. The van der Waals surface area contributed by atoms with Gasteiger partial charge in [-0.05, 0) is 62.1 Å². The highest BCUT2D eigenvalue weighted by Crippen LogP contribution is 2.19. The first kappa shape index (κ1) is 16.2. The Morgan fingerprint density at radius 1 is 1.00 bits per heavy atom. The van der Waals surface area contributed by atoms with E-state index in [1.165, 1.54) is 15.3 Å². The number of aryl methyl sites for hydroxylation is 1. The van der Waals surface area contributed by atoms with E-state index in [-0.39, 0.29) is 5.82 Å². The molecule has 1 aromatic carbocycles. The van der Waals surface area contributed by atoms with E-state index in [1.54, 1.807) is 12.1 Å². The molecule has 3 heteroatoms. The first-order chi connectivity index (χ1) is 10.2. The Kier molecular flexibility index (Phi) is 6.40. The molecule has 0 aliphatic carbocycles. The Balaban J connectivity index is 2.01. The van der Waals surface area contributed by atoms with E-state index in [1.807, 2.05) is 23.5 Å². The first-order valence-electron chi connectivity index (χ1n) is 7.76. The van der Waals surface area contributed by atoms with E-state index in [4.69, 9.17) is 0 Å². The van der Waals surface area contributed by atoms with Crippen LogP contribution in [-0.4, -0.2) is 12.6 Å². The number of hydrogen-bond donors (Lipinski definition) is 1. The number of nitrogens with one attached hydrogen (secondary N) is 1. The van der Waals surface area contributed by atoms with Gasteiger partial charge in [-0.25, -0.2) is 4.39 Å². The monoisotopic (exact) mass is 305 g/mol. The molecule has 1 atom stereocenters. The average Bonchev–Trinajstić information content (AvgIpc) is 2.95. The van der Waals surface area contributed by atoms with E-state index in [9.17, 15) is 4.39 Å². The molecule has 1 nitrogen and oxygen atoms in total. The average molecular weight is 305 g/mol. The molecule has 0 radical (unpaired) electrons. The van der Waals surface area contributed by atoms with Gasteiger partial charge in [0, 0.05) is 15.8 Å². The molecule has 0 fully saturated rings. The Bertz CT molecular complexity index is 532. The van der Waals surface area contributed by atoms with Crippen molar-refractivity contribution >= 4 is 11.3 Å². The molecule has 1 N–H and O–H groups in total. The highest BCUT2D eigenvalue weighted by molar-refractivity contribution is 7.11. The largest absolute Gasteiger partial charge is 0.313 e. The van der Waals surface area contributed by atoms with Crippen molar-refractivity contribution in [2.75, 3.05) is 6.54 Å². The molecule has 0 aliphatic heterocycles. The smallest absolute Gasteiger partial charge is 0.123 e. The van der Waals surface area contributed by atoms with Crippen molar-refractivity contribution in [3.63, 3.8) is 0 Å². The summed E-state index contributed by atoms with van der Waals surface area (Å²) in [5, 5.41) is 3.62. The van der Waals surface area contributed by atoms with Crippen LogP contribution < -0.4 is 5.32 Å². The Labute approximate surface area is 131 Å². The molecule has 0 amide bonds. The lowest BCUT2D eigenvalue weighted by Gasteiger charge is -2.18. The number of hydrogen-bond acceptors (Lipinski definition) is 2. The molecule has 0 aliphatic rings. The number of thiophene rings is 1. The second-order valence-electron chi connectivity index (χ2n) is 5.41. The molecule has 0 spiro atoms. The van der Waals surface area contributed by atoms with E-state index in [0.29, 0.717) is 6.04 Å². The predicted molar refractivity (Wildman–Crippen MR) is 89.6 cm³/mol. The van der Waals surface area contributed by atoms with Crippen LogP contribution in [0.25, 0.3) is 0 Å². The maximum Gasteiger partial charge on any atom is 0.123 e. The fourth-order valence-electron chi connectivity index (χ4n) is 2.43. The van der Waals surface area contributed by atoms with Crippen molar-refractivity contribution in [1.82, 2.24) is 5.32 Å². The van der Waals surface area contributed by atoms with Gasteiger partial charge in [0.15, 0.2) is 0 Å². The summed E-state index contributed by atoms with van der Waals surface area (Å²) in [4.78, 5) is 2.88. The van der Waals surface area contributed by atoms with Gasteiger partial charge >= 0.3 is 0 Å². The summed E-state index contributed by atoms with van der Waals surface area (Å²) in [6, 6.07) is 11.8. The van der Waals surface area contributed by atoms with Gasteiger partial charge in [0.25, 0.3) is 0 Å². The van der Waals surface area contributed by atoms with Crippen LogP contribution in [-0.2, 0) is 19.3 Å². The van der Waals surface area contributed by atoms with Crippen LogP contribution in [0.1, 0.15) is 35.6 Å². The summed E-state index contributed by atoms with van der Waals surface area (Å²) < 4.78 is 13.0. The maximum atomic E-state index is 13.0. The fourth-order valence-corrected chi connectivity index (χ4v) is 3.47. The van der Waals surface area contributed by atoms with Crippen molar-refractivity contribution in [2.24, 2.45) is 0 Å². The van der Waals surface area contributed by atoms with Crippen molar-refractivity contribution < 1.29 is 4.39 Å². The molecule has 2 aromatic rings. The van der Waals surface area contributed by atoms with Gasteiger partial charge in [-0.1, -0.05) is 26.0 Å². The highest BCUT2D eigenvalue weighted by Gasteiger charge is 2.11. The van der Waals surface area contributed by atoms with Gasteiger partial charge in [-0.15, -0.1) is 11.3 Å².